The Bertz CT molecular complexity index is 796. The number of esters is 1. The molecule has 2 aliphatic rings. The van der Waals surface area contributed by atoms with E-state index in [1.54, 1.807) is 17.7 Å². The molecular formula is C20H26N2O2S2. The van der Waals surface area contributed by atoms with Gasteiger partial charge in [-0.15, -0.1) is 11.3 Å². The minimum atomic E-state index is -0.112. The number of rotatable bonds is 4. The SMILES string of the molecule is CC1CCC(OC(=O)CSc2ncnc3sc4c(c23)CC[C@@H](C)C4)CC1. The number of thioether (sulfide) groups is 1. The highest BCUT2D eigenvalue weighted by atomic mass is 32.2. The first-order chi connectivity index (χ1) is 12.6. The Morgan fingerprint density at radius 1 is 1.19 bits per heavy atom. The van der Waals surface area contributed by atoms with Gasteiger partial charge in [-0.1, -0.05) is 25.6 Å². The van der Waals surface area contributed by atoms with E-state index in [2.05, 4.69) is 23.8 Å². The standard InChI is InChI=1S/C20H26N2O2S2/c1-12-3-6-14(7-4-12)24-17(23)10-25-19-18-15-8-5-13(2)9-16(15)26-20(18)22-11-21-19/h11-14H,3-10H2,1-2H3/t12?,13-,14?/m1/s1. The highest BCUT2D eigenvalue weighted by Crippen LogP contribution is 2.40. The second kappa shape index (κ2) is 7.85. The summed E-state index contributed by atoms with van der Waals surface area (Å²) in [5.74, 6) is 1.73. The number of nitrogens with zero attached hydrogens (tertiary/aromatic N) is 2. The molecule has 0 unspecified atom stereocenters. The number of aryl methyl sites for hydroxylation is 1. The summed E-state index contributed by atoms with van der Waals surface area (Å²) in [6, 6.07) is 0. The molecule has 0 N–H and O–H groups in total. The average molecular weight is 391 g/mol. The number of hydrogen-bond donors (Lipinski definition) is 0. The molecule has 0 amide bonds. The monoisotopic (exact) mass is 390 g/mol. The van der Waals surface area contributed by atoms with Crippen molar-refractivity contribution in [2.24, 2.45) is 11.8 Å². The van der Waals surface area contributed by atoms with Crippen LogP contribution in [-0.4, -0.2) is 27.8 Å². The fraction of sp³-hybridized carbons (Fsp3) is 0.650. The van der Waals surface area contributed by atoms with Crippen LogP contribution < -0.4 is 0 Å². The van der Waals surface area contributed by atoms with Crippen LogP contribution in [0.4, 0.5) is 0 Å². The average Bonchev–Trinajstić information content (AvgIpc) is 3.00. The van der Waals surface area contributed by atoms with Crippen molar-refractivity contribution in [1.82, 2.24) is 9.97 Å². The molecule has 1 fully saturated rings. The summed E-state index contributed by atoms with van der Waals surface area (Å²) in [6.45, 7) is 4.59. The molecule has 2 heterocycles. The molecule has 0 bridgehead atoms. The van der Waals surface area contributed by atoms with Crippen molar-refractivity contribution in [3.05, 3.63) is 16.8 Å². The van der Waals surface area contributed by atoms with Crippen LogP contribution in [0, 0.1) is 11.8 Å². The zero-order valence-corrected chi connectivity index (χ0v) is 17.1. The summed E-state index contributed by atoms with van der Waals surface area (Å²) in [6.07, 6.45) is 9.54. The predicted molar refractivity (Wildman–Crippen MR) is 107 cm³/mol. The van der Waals surface area contributed by atoms with Crippen molar-refractivity contribution in [1.29, 1.82) is 0 Å². The first-order valence-electron chi connectivity index (χ1n) is 9.67. The van der Waals surface area contributed by atoms with Crippen LogP contribution in [-0.2, 0) is 22.4 Å². The van der Waals surface area contributed by atoms with Crippen LogP contribution in [0.1, 0.15) is 56.4 Å². The predicted octanol–water partition coefficient (Wildman–Crippen LogP) is 5.03. The number of carbonyl (C=O) groups excluding carboxylic acids is 1. The van der Waals surface area contributed by atoms with E-state index in [1.807, 2.05) is 0 Å². The molecule has 4 rings (SSSR count). The van der Waals surface area contributed by atoms with E-state index in [4.69, 9.17) is 4.74 Å². The van der Waals surface area contributed by atoms with E-state index in [1.165, 1.54) is 34.0 Å². The molecule has 6 heteroatoms. The van der Waals surface area contributed by atoms with Gasteiger partial charge in [-0.3, -0.25) is 4.79 Å². The number of thiophene rings is 1. The Morgan fingerprint density at radius 3 is 2.81 bits per heavy atom. The van der Waals surface area contributed by atoms with E-state index in [0.717, 1.165) is 60.2 Å². The second-order valence-corrected chi connectivity index (χ2v) is 9.92. The lowest BCUT2D eigenvalue weighted by molar-refractivity contribution is -0.147. The normalized spacial score (nSPS) is 25.8. The summed E-state index contributed by atoms with van der Waals surface area (Å²) < 4.78 is 5.68. The van der Waals surface area contributed by atoms with Crippen molar-refractivity contribution in [2.45, 2.75) is 69.9 Å². The fourth-order valence-corrected chi connectivity index (χ4v) is 6.27. The van der Waals surface area contributed by atoms with Gasteiger partial charge in [0, 0.05) is 10.3 Å². The molecule has 26 heavy (non-hydrogen) atoms. The highest BCUT2D eigenvalue weighted by Gasteiger charge is 2.24. The quantitative estimate of drug-likeness (QED) is 0.416. The lowest BCUT2D eigenvalue weighted by atomic mass is 9.89. The van der Waals surface area contributed by atoms with Crippen molar-refractivity contribution in [3.8, 4) is 0 Å². The zero-order valence-electron chi connectivity index (χ0n) is 15.5. The summed E-state index contributed by atoms with van der Waals surface area (Å²) in [4.78, 5) is 23.8. The third kappa shape index (κ3) is 3.91. The second-order valence-electron chi connectivity index (χ2n) is 7.87. The smallest absolute Gasteiger partial charge is 0.316 e. The van der Waals surface area contributed by atoms with Gasteiger partial charge in [-0.2, -0.15) is 0 Å². The van der Waals surface area contributed by atoms with Gasteiger partial charge in [-0.25, -0.2) is 9.97 Å². The molecule has 2 aromatic rings. The molecule has 4 nitrogen and oxygen atoms in total. The molecule has 2 aliphatic carbocycles. The molecule has 1 saturated carbocycles. The Balaban J connectivity index is 1.43. The molecule has 0 spiro atoms. The van der Waals surface area contributed by atoms with Crippen LogP contribution in [0.15, 0.2) is 11.4 Å². The molecule has 0 radical (unpaired) electrons. The minimum absolute atomic E-state index is 0.111. The maximum Gasteiger partial charge on any atom is 0.316 e. The molecule has 1 atom stereocenters. The van der Waals surface area contributed by atoms with Gasteiger partial charge in [0.2, 0.25) is 0 Å². The number of aromatic nitrogens is 2. The third-order valence-electron chi connectivity index (χ3n) is 5.64. The van der Waals surface area contributed by atoms with E-state index in [-0.39, 0.29) is 12.1 Å². The van der Waals surface area contributed by atoms with Crippen LogP contribution >= 0.6 is 23.1 Å². The van der Waals surface area contributed by atoms with Crippen molar-refractivity contribution in [3.63, 3.8) is 0 Å². The lowest BCUT2D eigenvalue weighted by Gasteiger charge is -2.25. The van der Waals surface area contributed by atoms with Crippen LogP contribution in [0.2, 0.25) is 0 Å². The van der Waals surface area contributed by atoms with Gasteiger partial charge in [0.05, 0.1) is 5.75 Å². The van der Waals surface area contributed by atoms with Crippen molar-refractivity contribution < 1.29 is 9.53 Å². The third-order valence-corrected chi connectivity index (χ3v) is 7.77. The van der Waals surface area contributed by atoms with E-state index in [0.29, 0.717) is 5.75 Å². The first-order valence-corrected chi connectivity index (χ1v) is 11.5. The fourth-order valence-electron chi connectivity index (χ4n) is 4.05. The summed E-state index contributed by atoms with van der Waals surface area (Å²) in [5, 5.41) is 2.12. The summed E-state index contributed by atoms with van der Waals surface area (Å²) >= 11 is 3.31. The Labute approximate surface area is 163 Å². The van der Waals surface area contributed by atoms with Crippen LogP contribution in [0.5, 0.6) is 0 Å². The largest absolute Gasteiger partial charge is 0.462 e. The number of fused-ring (bicyclic) bond motifs is 3. The molecule has 140 valence electrons. The Morgan fingerprint density at radius 2 is 2.00 bits per heavy atom. The van der Waals surface area contributed by atoms with E-state index < -0.39 is 0 Å². The highest BCUT2D eigenvalue weighted by molar-refractivity contribution is 8.00. The van der Waals surface area contributed by atoms with Gasteiger partial charge < -0.3 is 4.74 Å². The molecular weight excluding hydrogens is 364 g/mol. The van der Waals surface area contributed by atoms with Crippen molar-refractivity contribution in [2.75, 3.05) is 5.75 Å². The minimum Gasteiger partial charge on any atom is -0.462 e. The molecule has 0 aromatic carbocycles. The van der Waals surface area contributed by atoms with Gasteiger partial charge in [-0.05, 0) is 62.3 Å². The Hall–Kier alpha value is -1.14. The van der Waals surface area contributed by atoms with Crippen LogP contribution in [0.25, 0.3) is 10.2 Å². The van der Waals surface area contributed by atoms with Crippen molar-refractivity contribution >= 4 is 39.3 Å². The van der Waals surface area contributed by atoms with Gasteiger partial charge in [0.25, 0.3) is 0 Å². The number of ether oxygens (including phenoxy) is 1. The maximum absolute atomic E-state index is 12.3. The maximum atomic E-state index is 12.3. The molecule has 0 saturated heterocycles. The van der Waals surface area contributed by atoms with Gasteiger partial charge in [0.15, 0.2) is 0 Å². The summed E-state index contributed by atoms with van der Waals surface area (Å²) in [7, 11) is 0. The molecule has 2 aromatic heterocycles. The van der Waals surface area contributed by atoms with E-state index in [9.17, 15) is 4.79 Å². The lowest BCUT2D eigenvalue weighted by Crippen LogP contribution is -2.24. The zero-order chi connectivity index (χ0) is 18.1. The van der Waals surface area contributed by atoms with E-state index >= 15 is 0 Å². The first kappa shape index (κ1) is 18.2. The van der Waals surface area contributed by atoms with Crippen LogP contribution in [0.3, 0.4) is 0 Å². The topological polar surface area (TPSA) is 52.1 Å². The molecule has 0 aliphatic heterocycles. The van der Waals surface area contributed by atoms with Gasteiger partial charge in [0.1, 0.15) is 22.3 Å². The number of hydrogen-bond acceptors (Lipinski definition) is 6. The summed E-state index contributed by atoms with van der Waals surface area (Å²) in [5.41, 5.74) is 1.42. The van der Waals surface area contributed by atoms with Gasteiger partial charge >= 0.3 is 5.97 Å². The number of carbonyl (C=O) groups is 1. The Kier molecular flexibility index (Phi) is 5.50.